The molecule has 0 aromatic rings. The first-order chi connectivity index (χ1) is 13.1. The van der Waals surface area contributed by atoms with Crippen LogP contribution in [0.5, 0.6) is 0 Å². The Hall–Kier alpha value is -1.19. The number of hydrogen-bond donors (Lipinski definition) is 0. The zero-order valence-corrected chi connectivity index (χ0v) is 18.0. The number of esters is 1. The average molecular weight is 391 g/mol. The lowest BCUT2D eigenvalue weighted by molar-refractivity contribution is -0.154. The van der Waals surface area contributed by atoms with Crippen molar-refractivity contribution < 1.29 is 18.7 Å². The molecule has 28 heavy (non-hydrogen) atoms. The molecule has 156 valence electrons. The van der Waals surface area contributed by atoms with Gasteiger partial charge >= 0.3 is 5.97 Å². The molecule has 3 nitrogen and oxygen atoms in total. The fourth-order valence-corrected chi connectivity index (χ4v) is 7.70. The van der Waals surface area contributed by atoms with Crippen LogP contribution >= 0.6 is 0 Å². The van der Waals surface area contributed by atoms with Crippen molar-refractivity contribution in [1.82, 2.24) is 0 Å². The van der Waals surface area contributed by atoms with E-state index in [-0.39, 0.29) is 52.4 Å². The van der Waals surface area contributed by atoms with Gasteiger partial charge in [0.25, 0.3) is 0 Å². The Morgan fingerprint density at radius 1 is 1.29 bits per heavy atom. The van der Waals surface area contributed by atoms with Crippen LogP contribution in [0.4, 0.5) is 4.39 Å². The summed E-state index contributed by atoms with van der Waals surface area (Å²) in [5.74, 6) is 0.245. The van der Waals surface area contributed by atoms with E-state index in [4.69, 9.17) is 4.74 Å². The molecule has 0 bridgehead atoms. The van der Waals surface area contributed by atoms with Crippen molar-refractivity contribution in [2.75, 3.05) is 0 Å². The quantitative estimate of drug-likeness (QED) is 0.603. The number of rotatable bonds is 2. The summed E-state index contributed by atoms with van der Waals surface area (Å²) in [6.07, 6.45) is 6.21. The van der Waals surface area contributed by atoms with Crippen molar-refractivity contribution in [3.63, 3.8) is 0 Å². The van der Waals surface area contributed by atoms with Gasteiger partial charge in [-0.3, -0.25) is 9.59 Å². The lowest BCUT2D eigenvalue weighted by atomic mass is 9.46. The third kappa shape index (κ3) is 2.81. The second kappa shape index (κ2) is 6.67. The van der Waals surface area contributed by atoms with Gasteiger partial charge in [-0.15, -0.1) is 0 Å². The van der Waals surface area contributed by atoms with Crippen LogP contribution in [-0.2, 0) is 14.3 Å². The van der Waals surface area contributed by atoms with Crippen LogP contribution in [0.2, 0.25) is 0 Å². The second-order valence-electron chi connectivity index (χ2n) is 10.7. The van der Waals surface area contributed by atoms with Gasteiger partial charge in [-0.25, -0.2) is 4.39 Å². The Bertz CT molecular complexity index is 715. The molecule has 3 saturated carbocycles. The number of ether oxygens (including phenoxy) is 1. The standard InChI is InChI=1S/C24H35FO3/c1-13-6-8-23(4)16(10-13)11-20(27)21-17(23)7-9-24(5)18(12-19(25)22(21)24)14(2)28-15(3)26/h11,13-14,17-19,21-22H,6-10,12H2,1-5H3/t13-,14+,17-,18+,19-,21-,22-,23-,24+/m0/s1. The highest BCUT2D eigenvalue weighted by atomic mass is 19.1. The van der Waals surface area contributed by atoms with Gasteiger partial charge in [-0.1, -0.05) is 26.3 Å². The van der Waals surface area contributed by atoms with Crippen molar-refractivity contribution in [3.8, 4) is 0 Å². The summed E-state index contributed by atoms with van der Waals surface area (Å²) in [6, 6.07) is 0. The number of halogens is 1. The van der Waals surface area contributed by atoms with Gasteiger partial charge in [0, 0.05) is 24.7 Å². The molecule has 0 aliphatic heterocycles. The predicted molar refractivity (Wildman–Crippen MR) is 106 cm³/mol. The van der Waals surface area contributed by atoms with Crippen LogP contribution in [0, 0.1) is 40.4 Å². The number of allylic oxidation sites excluding steroid dienone is 2. The van der Waals surface area contributed by atoms with E-state index in [1.165, 1.54) is 18.9 Å². The number of alkyl halides is 1. The van der Waals surface area contributed by atoms with Gasteiger partial charge in [-0.2, -0.15) is 0 Å². The molecule has 0 amide bonds. The molecule has 0 saturated heterocycles. The van der Waals surface area contributed by atoms with E-state index in [2.05, 4.69) is 20.8 Å². The summed E-state index contributed by atoms with van der Waals surface area (Å²) in [7, 11) is 0. The van der Waals surface area contributed by atoms with Crippen LogP contribution in [0.3, 0.4) is 0 Å². The van der Waals surface area contributed by atoms with Crippen molar-refractivity contribution in [1.29, 1.82) is 0 Å². The van der Waals surface area contributed by atoms with E-state index in [0.717, 1.165) is 25.7 Å². The molecule has 4 rings (SSSR count). The van der Waals surface area contributed by atoms with Gasteiger partial charge < -0.3 is 4.74 Å². The molecule has 9 atom stereocenters. The normalized spacial score (nSPS) is 48.8. The molecule has 4 aliphatic rings. The minimum atomic E-state index is -0.995. The van der Waals surface area contributed by atoms with Gasteiger partial charge in [0.15, 0.2) is 5.78 Å². The molecule has 0 radical (unpaired) electrons. The molecular weight excluding hydrogens is 355 g/mol. The minimum Gasteiger partial charge on any atom is -0.463 e. The summed E-state index contributed by atoms with van der Waals surface area (Å²) in [5, 5.41) is 0. The maximum Gasteiger partial charge on any atom is 0.302 e. The monoisotopic (exact) mass is 390 g/mol. The van der Waals surface area contributed by atoms with Crippen LogP contribution < -0.4 is 0 Å². The SMILES string of the molecule is CC(=O)O[C@H](C)[C@H]1C[C@H](F)[C@H]2[C@@H]3C(=O)C=C4C[C@@H](C)CC[C@]4(C)[C@H]3CC[C@@]21C. The van der Waals surface area contributed by atoms with E-state index >= 15 is 4.39 Å². The number of fused-ring (bicyclic) bond motifs is 5. The highest BCUT2D eigenvalue weighted by Gasteiger charge is 2.65. The van der Waals surface area contributed by atoms with E-state index in [1.807, 2.05) is 13.0 Å². The fourth-order valence-electron chi connectivity index (χ4n) is 7.70. The number of ketones is 1. The highest BCUT2D eigenvalue weighted by Crippen LogP contribution is 2.66. The number of hydrogen-bond acceptors (Lipinski definition) is 3. The van der Waals surface area contributed by atoms with E-state index in [1.54, 1.807) is 0 Å². The van der Waals surface area contributed by atoms with E-state index < -0.39 is 6.17 Å². The van der Waals surface area contributed by atoms with Crippen molar-refractivity contribution in [2.45, 2.75) is 85.4 Å². The minimum absolute atomic E-state index is 0.0188. The Morgan fingerprint density at radius 3 is 2.68 bits per heavy atom. The molecule has 3 fully saturated rings. The molecule has 0 spiro atoms. The largest absolute Gasteiger partial charge is 0.463 e. The Morgan fingerprint density at radius 2 is 2.00 bits per heavy atom. The van der Waals surface area contributed by atoms with E-state index in [9.17, 15) is 9.59 Å². The molecule has 4 aliphatic carbocycles. The van der Waals surface area contributed by atoms with Gasteiger partial charge in [0.05, 0.1) is 0 Å². The van der Waals surface area contributed by atoms with Crippen LogP contribution in [0.1, 0.15) is 73.1 Å². The molecule has 0 aromatic carbocycles. The first kappa shape index (κ1) is 20.1. The lowest BCUT2D eigenvalue weighted by Gasteiger charge is -2.57. The first-order valence-electron chi connectivity index (χ1n) is 11.1. The number of carbonyl (C=O) groups is 2. The Labute approximate surface area is 168 Å². The summed E-state index contributed by atoms with van der Waals surface area (Å²) < 4.78 is 21.0. The van der Waals surface area contributed by atoms with E-state index in [0.29, 0.717) is 12.3 Å². The van der Waals surface area contributed by atoms with Crippen LogP contribution in [0.25, 0.3) is 0 Å². The van der Waals surface area contributed by atoms with Gasteiger partial charge in [0.2, 0.25) is 0 Å². The van der Waals surface area contributed by atoms with Crippen molar-refractivity contribution >= 4 is 11.8 Å². The zero-order valence-electron chi connectivity index (χ0n) is 18.0. The topological polar surface area (TPSA) is 43.4 Å². The molecule has 4 heteroatoms. The Kier molecular flexibility index (Phi) is 4.79. The lowest BCUT2D eigenvalue weighted by Crippen LogP contribution is -2.55. The second-order valence-corrected chi connectivity index (χ2v) is 10.7. The third-order valence-electron chi connectivity index (χ3n) is 9.13. The maximum absolute atomic E-state index is 15.5. The average Bonchev–Trinajstić information content (AvgIpc) is 2.87. The Balaban J connectivity index is 1.69. The smallest absolute Gasteiger partial charge is 0.302 e. The molecule has 0 unspecified atom stereocenters. The van der Waals surface area contributed by atoms with Crippen LogP contribution in [-0.4, -0.2) is 24.0 Å². The molecule has 0 heterocycles. The fraction of sp³-hybridized carbons (Fsp3) is 0.833. The summed E-state index contributed by atoms with van der Waals surface area (Å²) in [6.45, 7) is 10.1. The first-order valence-corrected chi connectivity index (χ1v) is 11.1. The van der Waals surface area contributed by atoms with Gasteiger partial charge in [0.1, 0.15) is 12.3 Å². The molecule has 0 N–H and O–H groups in total. The van der Waals surface area contributed by atoms with Crippen LogP contribution in [0.15, 0.2) is 11.6 Å². The molecular formula is C24H35FO3. The zero-order chi connectivity index (χ0) is 20.4. The third-order valence-corrected chi connectivity index (χ3v) is 9.13. The van der Waals surface area contributed by atoms with Gasteiger partial charge in [-0.05, 0) is 74.2 Å². The highest BCUT2D eigenvalue weighted by molar-refractivity contribution is 5.94. The summed E-state index contributed by atoms with van der Waals surface area (Å²) >= 11 is 0. The number of carbonyl (C=O) groups excluding carboxylic acids is 2. The predicted octanol–water partition coefficient (Wildman–Crippen LogP) is 5.28. The van der Waals surface area contributed by atoms with Crippen molar-refractivity contribution in [2.24, 2.45) is 40.4 Å². The summed E-state index contributed by atoms with van der Waals surface area (Å²) in [5.41, 5.74) is 1.08. The molecule has 0 aromatic heterocycles. The maximum atomic E-state index is 15.5. The summed E-state index contributed by atoms with van der Waals surface area (Å²) in [4.78, 5) is 24.8. The van der Waals surface area contributed by atoms with Crippen molar-refractivity contribution in [3.05, 3.63) is 11.6 Å².